The molecule has 0 aliphatic carbocycles. The summed E-state index contributed by atoms with van der Waals surface area (Å²) >= 11 is 1.42. The van der Waals surface area contributed by atoms with Gasteiger partial charge in [-0.15, -0.1) is 11.3 Å². The molecule has 0 saturated carbocycles. The van der Waals surface area contributed by atoms with Gasteiger partial charge in [0.15, 0.2) is 0 Å². The van der Waals surface area contributed by atoms with Crippen molar-refractivity contribution >= 4 is 23.2 Å². The summed E-state index contributed by atoms with van der Waals surface area (Å²) in [6.45, 7) is 5.39. The van der Waals surface area contributed by atoms with Gasteiger partial charge in [-0.3, -0.25) is 9.59 Å². The van der Waals surface area contributed by atoms with Crippen LogP contribution in [0.15, 0.2) is 84.2 Å². The van der Waals surface area contributed by atoms with Crippen molar-refractivity contribution in [1.29, 1.82) is 0 Å². The summed E-state index contributed by atoms with van der Waals surface area (Å²) < 4.78 is 6.15. The highest BCUT2D eigenvalue weighted by molar-refractivity contribution is 7.09. The summed E-state index contributed by atoms with van der Waals surface area (Å²) in [5.74, 6) is 0.678. The Morgan fingerprint density at radius 3 is 2.49 bits per heavy atom. The van der Waals surface area contributed by atoms with Crippen molar-refractivity contribution in [3.8, 4) is 5.75 Å². The van der Waals surface area contributed by atoms with E-state index < -0.39 is 0 Å². The monoisotopic (exact) mass is 539 g/mol. The maximum atomic E-state index is 13.2. The molecule has 1 aromatic heterocycles. The second kappa shape index (κ2) is 11.8. The Morgan fingerprint density at radius 2 is 1.77 bits per heavy atom. The van der Waals surface area contributed by atoms with Crippen LogP contribution in [0.25, 0.3) is 0 Å². The van der Waals surface area contributed by atoms with Gasteiger partial charge in [0.05, 0.1) is 6.04 Å². The van der Waals surface area contributed by atoms with Crippen molar-refractivity contribution in [3.05, 3.63) is 117 Å². The van der Waals surface area contributed by atoms with E-state index in [0.29, 0.717) is 18.8 Å². The van der Waals surface area contributed by atoms with Gasteiger partial charge in [-0.1, -0.05) is 80.6 Å². The van der Waals surface area contributed by atoms with Crippen LogP contribution in [0.5, 0.6) is 5.75 Å². The lowest BCUT2D eigenvalue weighted by atomic mass is 9.87. The van der Waals surface area contributed by atoms with Gasteiger partial charge in [0.25, 0.3) is 5.91 Å². The van der Waals surface area contributed by atoms with Gasteiger partial charge in [-0.05, 0) is 40.8 Å². The number of aromatic nitrogens is 1. The fourth-order valence-electron chi connectivity index (χ4n) is 4.99. The van der Waals surface area contributed by atoms with Crippen LogP contribution in [0, 0.1) is 5.92 Å². The van der Waals surface area contributed by atoms with Crippen molar-refractivity contribution in [3.63, 3.8) is 0 Å². The average molecular weight is 540 g/mol. The van der Waals surface area contributed by atoms with Crippen molar-refractivity contribution < 1.29 is 14.3 Å². The number of amides is 2. The fraction of sp³-hybridized carbons (Fsp3) is 0.281. The number of ether oxygens (including phenoxy) is 1. The van der Waals surface area contributed by atoms with Gasteiger partial charge in [0.1, 0.15) is 23.1 Å². The zero-order valence-electron chi connectivity index (χ0n) is 22.5. The van der Waals surface area contributed by atoms with Gasteiger partial charge in [0, 0.05) is 31.4 Å². The van der Waals surface area contributed by atoms with E-state index in [4.69, 9.17) is 4.74 Å². The van der Waals surface area contributed by atoms with Gasteiger partial charge in [-0.2, -0.15) is 0 Å². The minimum absolute atomic E-state index is 0.0780. The highest BCUT2D eigenvalue weighted by atomic mass is 32.1. The largest absolute Gasteiger partial charge is 0.486 e. The third kappa shape index (κ3) is 6.04. The first-order valence-corrected chi connectivity index (χ1v) is 14.1. The van der Waals surface area contributed by atoms with E-state index in [1.807, 2.05) is 73.3 Å². The molecule has 1 aliphatic heterocycles. The number of nitrogens with zero attached hydrogens (tertiary/aromatic N) is 3. The molecule has 0 radical (unpaired) electrons. The van der Waals surface area contributed by atoms with E-state index in [0.717, 1.165) is 33.9 Å². The van der Waals surface area contributed by atoms with Gasteiger partial charge < -0.3 is 14.5 Å². The van der Waals surface area contributed by atoms with E-state index in [2.05, 4.69) is 29.2 Å². The molecular weight excluding hydrogens is 506 g/mol. The minimum Gasteiger partial charge on any atom is -0.486 e. The third-order valence-corrected chi connectivity index (χ3v) is 7.80. The Bertz CT molecular complexity index is 1440. The maximum absolute atomic E-state index is 13.2. The molecule has 200 valence electrons. The summed E-state index contributed by atoms with van der Waals surface area (Å²) in [6.07, 6.45) is 0.811. The van der Waals surface area contributed by atoms with Crippen LogP contribution in [0.1, 0.15) is 57.6 Å². The van der Waals surface area contributed by atoms with E-state index >= 15 is 0 Å². The molecule has 7 heteroatoms. The number of rotatable bonds is 8. The fourth-order valence-corrected chi connectivity index (χ4v) is 5.67. The Balaban J connectivity index is 1.31. The SMILES string of the molecule is CC(C)C(=O)N1CCc2ccc(OCc3nc(C(=O)N(C)Cc4ccccc4)cs3)cc2C1c1ccccc1. The summed E-state index contributed by atoms with van der Waals surface area (Å²) in [5, 5.41) is 2.52. The summed E-state index contributed by atoms with van der Waals surface area (Å²) in [6, 6.07) is 26.1. The lowest BCUT2D eigenvalue weighted by Gasteiger charge is -2.39. The van der Waals surface area contributed by atoms with Gasteiger partial charge >= 0.3 is 0 Å². The predicted molar refractivity (Wildman–Crippen MR) is 154 cm³/mol. The standard InChI is InChI=1S/C32H33N3O3S/c1-22(2)31(36)35-17-16-24-14-15-26(18-27(24)30(35)25-12-8-5-9-13-25)38-20-29-33-28(21-39-29)32(37)34(3)19-23-10-6-4-7-11-23/h4-15,18,21-22,30H,16-17,19-20H2,1-3H3. The highest BCUT2D eigenvalue weighted by Crippen LogP contribution is 2.38. The first-order valence-electron chi connectivity index (χ1n) is 13.3. The number of carbonyl (C=O) groups excluding carboxylic acids is 2. The van der Waals surface area contributed by atoms with Crippen molar-refractivity contribution in [1.82, 2.24) is 14.8 Å². The van der Waals surface area contributed by atoms with Crippen LogP contribution in [-0.2, 0) is 24.4 Å². The van der Waals surface area contributed by atoms with E-state index in [1.54, 1.807) is 17.3 Å². The topological polar surface area (TPSA) is 62.7 Å². The molecule has 6 nitrogen and oxygen atoms in total. The third-order valence-electron chi connectivity index (χ3n) is 6.98. The van der Waals surface area contributed by atoms with Crippen LogP contribution in [-0.4, -0.2) is 40.2 Å². The molecule has 0 bridgehead atoms. The molecule has 39 heavy (non-hydrogen) atoms. The van der Waals surface area contributed by atoms with E-state index in [1.165, 1.54) is 16.9 Å². The molecule has 0 fully saturated rings. The quantitative estimate of drug-likeness (QED) is 0.270. The molecule has 1 unspecified atom stereocenters. The van der Waals surface area contributed by atoms with Crippen LogP contribution in [0.2, 0.25) is 0 Å². The van der Waals surface area contributed by atoms with Crippen LogP contribution >= 0.6 is 11.3 Å². The Hall–Kier alpha value is -3.97. The summed E-state index contributed by atoms with van der Waals surface area (Å²) in [4.78, 5) is 34.3. The van der Waals surface area contributed by atoms with Crippen molar-refractivity contribution in [2.24, 2.45) is 5.92 Å². The summed E-state index contributed by atoms with van der Waals surface area (Å²) in [5.41, 5.74) is 4.91. The molecule has 5 rings (SSSR count). The molecule has 0 N–H and O–H groups in total. The zero-order valence-corrected chi connectivity index (χ0v) is 23.4. The number of benzene rings is 3. The predicted octanol–water partition coefficient (Wildman–Crippen LogP) is 6.12. The lowest BCUT2D eigenvalue weighted by Crippen LogP contribution is -2.42. The van der Waals surface area contributed by atoms with Gasteiger partial charge in [0.2, 0.25) is 5.91 Å². The molecule has 0 spiro atoms. The van der Waals surface area contributed by atoms with Crippen LogP contribution < -0.4 is 4.74 Å². The first kappa shape index (κ1) is 26.6. The molecule has 4 aromatic rings. The second-order valence-corrected chi connectivity index (χ2v) is 11.1. The van der Waals surface area contributed by atoms with Crippen molar-refractivity contribution in [2.75, 3.05) is 13.6 Å². The average Bonchev–Trinajstić information content (AvgIpc) is 3.44. The summed E-state index contributed by atoms with van der Waals surface area (Å²) in [7, 11) is 1.79. The highest BCUT2D eigenvalue weighted by Gasteiger charge is 2.33. The van der Waals surface area contributed by atoms with E-state index in [9.17, 15) is 9.59 Å². The molecule has 1 aliphatic rings. The maximum Gasteiger partial charge on any atom is 0.273 e. The molecule has 0 saturated heterocycles. The second-order valence-electron chi connectivity index (χ2n) is 10.2. The lowest BCUT2D eigenvalue weighted by molar-refractivity contribution is -0.136. The number of thiazole rings is 1. The Labute approximate surface area is 233 Å². The van der Waals surface area contributed by atoms with Crippen LogP contribution in [0.4, 0.5) is 0 Å². The molecular formula is C32H33N3O3S. The Kier molecular flexibility index (Phi) is 8.07. The number of hydrogen-bond acceptors (Lipinski definition) is 5. The normalized spacial score (nSPS) is 14.7. The molecule has 1 atom stereocenters. The number of fused-ring (bicyclic) bond motifs is 1. The minimum atomic E-state index is -0.155. The van der Waals surface area contributed by atoms with Gasteiger partial charge in [-0.25, -0.2) is 4.98 Å². The zero-order chi connectivity index (χ0) is 27.4. The molecule has 2 heterocycles. The number of hydrogen-bond donors (Lipinski definition) is 0. The molecule has 3 aromatic carbocycles. The van der Waals surface area contributed by atoms with E-state index in [-0.39, 0.29) is 30.4 Å². The smallest absolute Gasteiger partial charge is 0.273 e. The number of carbonyl (C=O) groups is 2. The van der Waals surface area contributed by atoms with Crippen LogP contribution in [0.3, 0.4) is 0 Å². The van der Waals surface area contributed by atoms with Crippen molar-refractivity contribution in [2.45, 2.75) is 39.5 Å². The molecule has 2 amide bonds. The Morgan fingerprint density at radius 1 is 1.05 bits per heavy atom. The first-order chi connectivity index (χ1) is 18.9.